The second kappa shape index (κ2) is 10.3. The van der Waals surface area contributed by atoms with Gasteiger partial charge in [0.1, 0.15) is 6.54 Å². The lowest BCUT2D eigenvalue weighted by Gasteiger charge is -2.04. The van der Waals surface area contributed by atoms with Gasteiger partial charge in [0, 0.05) is 18.1 Å². The van der Waals surface area contributed by atoms with Crippen molar-refractivity contribution in [1.29, 1.82) is 0 Å². The number of halogens is 1. The largest absolute Gasteiger partial charge is 0.369 e. The average Bonchev–Trinajstić information content (AvgIpc) is 3.24. The zero-order valence-electron chi connectivity index (χ0n) is 15.0. The molecule has 0 radical (unpaired) electrons. The summed E-state index contributed by atoms with van der Waals surface area (Å²) >= 11 is 0. The number of nitrogens with two attached hydrogens (primary N) is 1. The van der Waals surface area contributed by atoms with E-state index in [1.54, 1.807) is 4.68 Å². The van der Waals surface area contributed by atoms with Crippen LogP contribution in [0.25, 0.3) is 0 Å². The Labute approximate surface area is 164 Å². The van der Waals surface area contributed by atoms with Gasteiger partial charge in [-0.2, -0.15) is 0 Å². The number of nitrogens with one attached hydrogen (secondary N) is 2. The van der Waals surface area contributed by atoms with Crippen LogP contribution >= 0.6 is 12.4 Å². The number of aromatic amines is 1. The van der Waals surface area contributed by atoms with Gasteiger partial charge in [-0.3, -0.25) is 4.79 Å². The molecule has 1 amide bonds. The summed E-state index contributed by atoms with van der Waals surface area (Å²) in [6, 6.07) is 9.36. The number of H-pyrrole nitrogens is 1. The first-order valence-electron chi connectivity index (χ1n) is 8.73. The number of amides is 1. The first-order valence-corrected chi connectivity index (χ1v) is 8.73. The highest BCUT2D eigenvalue weighted by Gasteiger charge is 2.07. The van der Waals surface area contributed by atoms with Crippen LogP contribution in [0.3, 0.4) is 0 Å². The molecule has 0 bridgehead atoms. The number of hydrogen-bond donors (Lipinski definition) is 3. The molecule has 0 aliphatic heterocycles. The molecular weight excluding hydrogens is 366 g/mol. The number of imidazole rings is 1. The van der Waals surface area contributed by atoms with E-state index in [2.05, 4.69) is 25.6 Å². The molecule has 0 aliphatic carbocycles. The molecule has 0 fully saturated rings. The molecule has 0 saturated carbocycles. The maximum absolute atomic E-state index is 12.0. The Bertz CT molecular complexity index is 831. The first kappa shape index (κ1) is 20.4. The summed E-state index contributed by atoms with van der Waals surface area (Å²) in [6.07, 6.45) is 8.60. The maximum Gasteiger partial charge on any atom is 0.246 e. The van der Waals surface area contributed by atoms with E-state index >= 15 is 0 Å². The average molecular weight is 390 g/mol. The lowest BCUT2D eigenvalue weighted by molar-refractivity contribution is -0.116. The van der Waals surface area contributed by atoms with Gasteiger partial charge >= 0.3 is 0 Å². The molecule has 3 aromatic rings. The Morgan fingerprint density at radius 1 is 1.11 bits per heavy atom. The Morgan fingerprint density at radius 2 is 1.85 bits per heavy atom. The second-order valence-corrected chi connectivity index (χ2v) is 6.16. The van der Waals surface area contributed by atoms with E-state index in [4.69, 9.17) is 5.73 Å². The summed E-state index contributed by atoms with van der Waals surface area (Å²) in [7, 11) is 0. The molecule has 144 valence electrons. The van der Waals surface area contributed by atoms with Crippen LogP contribution in [0.15, 0.2) is 42.7 Å². The van der Waals surface area contributed by atoms with E-state index in [1.165, 1.54) is 0 Å². The summed E-state index contributed by atoms with van der Waals surface area (Å²) in [6.45, 7) is 0.155. The molecule has 0 atom stereocenters. The molecule has 0 spiro atoms. The summed E-state index contributed by atoms with van der Waals surface area (Å²) in [5.74, 6) is 0.346. The van der Waals surface area contributed by atoms with Gasteiger partial charge in [-0.1, -0.05) is 29.8 Å². The van der Waals surface area contributed by atoms with Crippen molar-refractivity contribution < 1.29 is 4.79 Å². The zero-order valence-corrected chi connectivity index (χ0v) is 15.8. The van der Waals surface area contributed by atoms with Crippen LogP contribution < -0.4 is 11.1 Å². The number of aromatic nitrogens is 5. The Hall–Kier alpha value is -2.87. The molecule has 9 heteroatoms. The van der Waals surface area contributed by atoms with Crippen molar-refractivity contribution in [1.82, 2.24) is 25.0 Å². The normalized spacial score (nSPS) is 10.4. The van der Waals surface area contributed by atoms with E-state index in [1.807, 2.05) is 42.7 Å². The van der Waals surface area contributed by atoms with Gasteiger partial charge in [0.2, 0.25) is 5.91 Å². The van der Waals surface area contributed by atoms with Crippen LogP contribution in [0.1, 0.15) is 30.7 Å². The third-order valence-corrected chi connectivity index (χ3v) is 3.97. The molecule has 2 aromatic heterocycles. The molecule has 1 aromatic carbocycles. The zero-order chi connectivity index (χ0) is 18.2. The van der Waals surface area contributed by atoms with E-state index in [0.717, 1.165) is 49.2 Å². The molecule has 0 saturated heterocycles. The molecule has 4 N–H and O–H groups in total. The van der Waals surface area contributed by atoms with Gasteiger partial charge in [0.15, 0.2) is 5.95 Å². The van der Waals surface area contributed by atoms with Gasteiger partial charge < -0.3 is 16.0 Å². The number of carbonyl (C=O) groups is 1. The number of carbonyl (C=O) groups excluding carboxylic acids is 1. The summed E-state index contributed by atoms with van der Waals surface area (Å²) < 4.78 is 1.57. The van der Waals surface area contributed by atoms with Crippen molar-refractivity contribution in [3.05, 3.63) is 54.1 Å². The van der Waals surface area contributed by atoms with Gasteiger partial charge in [-0.25, -0.2) is 9.67 Å². The predicted molar refractivity (Wildman–Crippen MR) is 107 cm³/mol. The van der Waals surface area contributed by atoms with Crippen LogP contribution in [-0.2, 0) is 24.2 Å². The fraction of sp³-hybridized carbons (Fsp3) is 0.333. The molecule has 0 unspecified atom stereocenters. The number of hydrogen-bond acceptors (Lipinski definition) is 5. The monoisotopic (exact) mass is 389 g/mol. The molecule has 3 rings (SSSR count). The van der Waals surface area contributed by atoms with Crippen molar-refractivity contribution in [3.63, 3.8) is 0 Å². The molecule has 27 heavy (non-hydrogen) atoms. The van der Waals surface area contributed by atoms with E-state index in [-0.39, 0.29) is 24.9 Å². The van der Waals surface area contributed by atoms with Gasteiger partial charge in [0.05, 0.1) is 11.4 Å². The number of unbranched alkanes of at least 4 members (excludes halogenated alkanes) is 2. The number of rotatable bonds is 9. The van der Waals surface area contributed by atoms with Crippen molar-refractivity contribution in [2.45, 2.75) is 38.6 Å². The number of para-hydroxylation sites is 1. The van der Waals surface area contributed by atoms with Gasteiger partial charge in [0.25, 0.3) is 0 Å². The fourth-order valence-corrected chi connectivity index (χ4v) is 2.69. The summed E-state index contributed by atoms with van der Waals surface area (Å²) in [5.41, 5.74) is 8.23. The van der Waals surface area contributed by atoms with E-state index < -0.39 is 0 Å². The molecule has 2 heterocycles. The van der Waals surface area contributed by atoms with E-state index in [0.29, 0.717) is 5.95 Å². The fourth-order valence-electron chi connectivity index (χ4n) is 2.69. The number of nitrogens with zero attached hydrogens (tertiary/aromatic N) is 4. The quantitative estimate of drug-likeness (QED) is 0.486. The number of benzene rings is 1. The summed E-state index contributed by atoms with van der Waals surface area (Å²) in [5, 5.41) is 11.0. The number of anilines is 2. The Morgan fingerprint density at radius 3 is 2.56 bits per heavy atom. The minimum absolute atomic E-state index is 0. The van der Waals surface area contributed by atoms with Gasteiger partial charge in [-0.15, -0.1) is 17.5 Å². The smallest absolute Gasteiger partial charge is 0.246 e. The van der Waals surface area contributed by atoms with Crippen molar-refractivity contribution in [3.8, 4) is 0 Å². The van der Waals surface area contributed by atoms with Gasteiger partial charge in [-0.05, 0) is 37.8 Å². The summed E-state index contributed by atoms with van der Waals surface area (Å²) in [4.78, 5) is 19.1. The molecular formula is C18H24ClN7O. The minimum Gasteiger partial charge on any atom is -0.369 e. The number of nitrogen functional groups attached to an aromatic ring is 1. The third kappa shape index (κ3) is 6.74. The predicted octanol–water partition coefficient (Wildman–Crippen LogP) is 2.60. The lowest BCUT2D eigenvalue weighted by atomic mass is 10.1. The van der Waals surface area contributed by atoms with Crippen LogP contribution in [0.2, 0.25) is 0 Å². The molecule has 8 nitrogen and oxygen atoms in total. The van der Waals surface area contributed by atoms with Crippen LogP contribution in [0.4, 0.5) is 11.6 Å². The topological polar surface area (TPSA) is 115 Å². The van der Waals surface area contributed by atoms with Crippen molar-refractivity contribution in [2.75, 3.05) is 11.1 Å². The Balaban J connectivity index is 0.00000261. The molecule has 0 aliphatic rings. The second-order valence-electron chi connectivity index (χ2n) is 6.16. The maximum atomic E-state index is 12.0. The lowest BCUT2D eigenvalue weighted by Crippen LogP contribution is -2.19. The van der Waals surface area contributed by atoms with E-state index in [9.17, 15) is 4.79 Å². The SMILES string of the molecule is Cl.Nc1nc(CCCCCc2cn(CC(=O)Nc3ccccc3)nn2)c[nH]1. The van der Waals surface area contributed by atoms with Crippen molar-refractivity contribution in [2.24, 2.45) is 0 Å². The highest BCUT2D eigenvalue weighted by Crippen LogP contribution is 2.09. The minimum atomic E-state index is -0.120. The highest BCUT2D eigenvalue weighted by molar-refractivity contribution is 5.90. The Kier molecular flexibility index (Phi) is 7.81. The van der Waals surface area contributed by atoms with Crippen LogP contribution in [0.5, 0.6) is 0 Å². The number of aryl methyl sites for hydroxylation is 2. The highest BCUT2D eigenvalue weighted by atomic mass is 35.5. The first-order chi connectivity index (χ1) is 12.7. The standard InChI is InChI=1S/C18H23N7O.ClH/c19-18-20-11-15(22-18)9-5-2-6-10-16-12-25(24-23-16)13-17(26)21-14-7-3-1-4-8-14;/h1,3-4,7-8,11-12H,2,5-6,9-10,13H2,(H,21,26)(H3,19,20,22);1H. The van der Waals surface area contributed by atoms with Crippen LogP contribution in [-0.4, -0.2) is 30.9 Å². The van der Waals surface area contributed by atoms with Crippen LogP contribution in [0, 0.1) is 0 Å². The van der Waals surface area contributed by atoms with Crippen molar-refractivity contribution >= 4 is 29.9 Å². The third-order valence-electron chi connectivity index (χ3n) is 3.97.